The zero-order valence-electron chi connectivity index (χ0n) is 11.8. The first kappa shape index (κ1) is 13.6. The van der Waals surface area contributed by atoms with Gasteiger partial charge in [-0.15, -0.1) is 0 Å². The molecule has 2 aliphatic carbocycles. The molecule has 0 aromatic carbocycles. The molecule has 0 N–H and O–H groups in total. The minimum atomic E-state index is -0.178. The van der Waals surface area contributed by atoms with Gasteiger partial charge in [0.2, 0.25) is 0 Å². The van der Waals surface area contributed by atoms with Crippen molar-refractivity contribution in [2.24, 2.45) is 5.41 Å². The summed E-state index contributed by atoms with van der Waals surface area (Å²) in [5.74, 6) is -0.178. The highest BCUT2D eigenvalue weighted by atomic mass is 16.5. The summed E-state index contributed by atoms with van der Waals surface area (Å²) >= 11 is 0. The van der Waals surface area contributed by atoms with Gasteiger partial charge in [-0.3, -0.25) is 0 Å². The van der Waals surface area contributed by atoms with Crippen LogP contribution < -0.4 is 0 Å². The van der Waals surface area contributed by atoms with Crippen LogP contribution in [0.1, 0.15) is 52.4 Å². The van der Waals surface area contributed by atoms with Gasteiger partial charge < -0.3 is 9.47 Å². The van der Waals surface area contributed by atoms with E-state index in [-0.39, 0.29) is 11.6 Å². The van der Waals surface area contributed by atoms with E-state index in [1.807, 2.05) is 21.0 Å². The van der Waals surface area contributed by atoms with Crippen molar-refractivity contribution in [1.29, 1.82) is 0 Å². The monoisotopic (exact) mass is 252 g/mol. The lowest BCUT2D eigenvalue weighted by Crippen LogP contribution is -2.24. The Morgan fingerprint density at radius 2 is 1.94 bits per heavy atom. The number of rotatable bonds is 5. The minimum absolute atomic E-state index is 0.145. The summed E-state index contributed by atoms with van der Waals surface area (Å²) in [6, 6.07) is 0. The topological polar surface area (TPSA) is 35.5 Å². The maximum Gasteiger partial charge on any atom is 0.333 e. The van der Waals surface area contributed by atoms with E-state index in [1.54, 1.807) is 0 Å². The Hall–Kier alpha value is -0.830. The normalized spacial score (nSPS) is 34.9. The van der Waals surface area contributed by atoms with Crippen molar-refractivity contribution in [3.8, 4) is 0 Å². The Morgan fingerprint density at radius 3 is 2.44 bits per heavy atom. The summed E-state index contributed by atoms with van der Waals surface area (Å²) in [6.45, 7) is 4.13. The Balaban J connectivity index is 1.95. The fourth-order valence-electron chi connectivity index (χ4n) is 3.52. The first-order valence-electron chi connectivity index (χ1n) is 6.94. The molecule has 2 fully saturated rings. The molecular weight excluding hydrogens is 228 g/mol. The first-order valence-corrected chi connectivity index (χ1v) is 6.94. The van der Waals surface area contributed by atoms with Gasteiger partial charge >= 0.3 is 5.97 Å². The third kappa shape index (κ3) is 2.46. The molecule has 3 heteroatoms. The molecule has 0 aliphatic heterocycles. The minimum Gasteiger partial charge on any atom is -0.463 e. The molecule has 2 bridgehead atoms. The van der Waals surface area contributed by atoms with Gasteiger partial charge in [0.15, 0.2) is 0 Å². The number of esters is 1. The Morgan fingerprint density at radius 1 is 1.28 bits per heavy atom. The Labute approximate surface area is 110 Å². The molecule has 2 aliphatic rings. The van der Waals surface area contributed by atoms with Crippen LogP contribution in [0.5, 0.6) is 0 Å². The summed E-state index contributed by atoms with van der Waals surface area (Å²) in [4.78, 5) is 11.6. The van der Waals surface area contributed by atoms with E-state index < -0.39 is 0 Å². The molecule has 3 nitrogen and oxygen atoms in total. The number of fused-ring (bicyclic) bond motifs is 2. The second kappa shape index (κ2) is 5.04. The maximum atomic E-state index is 11.6. The zero-order valence-corrected chi connectivity index (χ0v) is 11.8. The zero-order chi connectivity index (χ0) is 13.2. The van der Waals surface area contributed by atoms with Crippen LogP contribution in [-0.4, -0.2) is 25.3 Å². The summed E-state index contributed by atoms with van der Waals surface area (Å²) in [7, 11) is 1.83. The molecule has 0 aromatic heterocycles. The SMILES string of the molecule is CCOC(=O)/C(C)=C/CC12CCC(OC)(CC1)C2. The average molecular weight is 252 g/mol. The number of carbonyl (C=O) groups excluding carboxylic acids is 1. The van der Waals surface area contributed by atoms with Gasteiger partial charge in [-0.1, -0.05) is 6.08 Å². The number of hydrogen-bond acceptors (Lipinski definition) is 3. The van der Waals surface area contributed by atoms with Crippen LogP contribution in [0.15, 0.2) is 11.6 Å². The van der Waals surface area contributed by atoms with Gasteiger partial charge in [0.1, 0.15) is 0 Å². The van der Waals surface area contributed by atoms with Crippen LogP contribution in [0.25, 0.3) is 0 Å². The molecule has 0 radical (unpaired) electrons. The third-order valence-electron chi connectivity index (χ3n) is 4.79. The van der Waals surface area contributed by atoms with Crippen LogP contribution in [0, 0.1) is 5.41 Å². The predicted molar refractivity (Wildman–Crippen MR) is 70.3 cm³/mol. The molecule has 0 unspecified atom stereocenters. The summed E-state index contributed by atoms with van der Waals surface area (Å²) < 4.78 is 10.7. The van der Waals surface area contributed by atoms with Gasteiger partial charge in [-0.2, -0.15) is 0 Å². The number of ether oxygens (including phenoxy) is 2. The number of methoxy groups -OCH3 is 1. The smallest absolute Gasteiger partial charge is 0.333 e. The fraction of sp³-hybridized carbons (Fsp3) is 0.800. The molecule has 0 spiro atoms. The first-order chi connectivity index (χ1) is 8.55. The summed E-state index contributed by atoms with van der Waals surface area (Å²) in [5, 5.41) is 0. The van der Waals surface area contributed by atoms with Crippen LogP contribution in [0.3, 0.4) is 0 Å². The van der Waals surface area contributed by atoms with Gasteiger partial charge in [0, 0.05) is 12.7 Å². The summed E-state index contributed by atoms with van der Waals surface area (Å²) in [6.07, 6.45) is 9.02. The van der Waals surface area contributed by atoms with E-state index in [0.717, 1.165) is 18.4 Å². The molecule has 0 heterocycles. The average Bonchev–Trinajstić information content (AvgIpc) is 2.93. The molecule has 18 heavy (non-hydrogen) atoms. The lowest BCUT2D eigenvalue weighted by atomic mass is 9.81. The number of allylic oxidation sites excluding steroid dienone is 1. The highest BCUT2D eigenvalue weighted by Crippen LogP contribution is 2.59. The van der Waals surface area contributed by atoms with E-state index in [4.69, 9.17) is 9.47 Å². The van der Waals surface area contributed by atoms with E-state index >= 15 is 0 Å². The summed E-state index contributed by atoms with van der Waals surface area (Å²) in [5.41, 5.74) is 1.27. The molecule has 0 saturated heterocycles. The Bertz CT molecular complexity index is 349. The van der Waals surface area contributed by atoms with Crippen molar-refractivity contribution in [3.63, 3.8) is 0 Å². The number of carbonyl (C=O) groups is 1. The van der Waals surface area contributed by atoms with Crippen molar-refractivity contribution < 1.29 is 14.3 Å². The van der Waals surface area contributed by atoms with Crippen LogP contribution >= 0.6 is 0 Å². The fourth-order valence-corrected chi connectivity index (χ4v) is 3.52. The molecular formula is C15H24O3. The quantitative estimate of drug-likeness (QED) is 0.556. The van der Waals surface area contributed by atoms with E-state index in [9.17, 15) is 4.79 Å². The second-order valence-electron chi connectivity index (χ2n) is 5.88. The van der Waals surface area contributed by atoms with Crippen molar-refractivity contribution in [1.82, 2.24) is 0 Å². The van der Waals surface area contributed by atoms with E-state index in [1.165, 1.54) is 25.7 Å². The maximum absolute atomic E-state index is 11.6. The van der Waals surface area contributed by atoms with Crippen LogP contribution in [0.2, 0.25) is 0 Å². The van der Waals surface area contributed by atoms with E-state index in [0.29, 0.717) is 12.0 Å². The highest BCUT2D eigenvalue weighted by Gasteiger charge is 2.53. The molecule has 0 amide bonds. The molecule has 2 rings (SSSR count). The molecule has 102 valence electrons. The van der Waals surface area contributed by atoms with Gasteiger partial charge in [-0.25, -0.2) is 4.79 Å². The van der Waals surface area contributed by atoms with Crippen molar-refractivity contribution in [2.45, 2.75) is 58.0 Å². The second-order valence-corrected chi connectivity index (χ2v) is 5.88. The lowest BCUT2D eigenvalue weighted by Gasteiger charge is -2.26. The Kier molecular flexibility index (Phi) is 3.81. The van der Waals surface area contributed by atoms with Crippen molar-refractivity contribution >= 4 is 5.97 Å². The predicted octanol–water partition coefficient (Wildman–Crippen LogP) is 3.24. The standard InChI is InChI=1S/C15H24O3/c1-4-18-13(16)12(2)5-6-14-7-9-15(11-14,17-3)10-8-14/h5H,4,6-11H2,1-3H3/b12-5+. The molecule has 0 aromatic rings. The van der Waals surface area contributed by atoms with Gasteiger partial charge in [-0.05, 0) is 57.8 Å². The van der Waals surface area contributed by atoms with E-state index in [2.05, 4.69) is 6.08 Å². The van der Waals surface area contributed by atoms with Crippen LogP contribution in [-0.2, 0) is 14.3 Å². The third-order valence-corrected chi connectivity index (χ3v) is 4.79. The van der Waals surface area contributed by atoms with Gasteiger partial charge in [0.25, 0.3) is 0 Å². The lowest BCUT2D eigenvalue weighted by molar-refractivity contribution is -0.138. The molecule has 2 saturated carbocycles. The van der Waals surface area contributed by atoms with Crippen molar-refractivity contribution in [3.05, 3.63) is 11.6 Å². The van der Waals surface area contributed by atoms with Crippen LogP contribution in [0.4, 0.5) is 0 Å². The van der Waals surface area contributed by atoms with Crippen molar-refractivity contribution in [2.75, 3.05) is 13.7 Å². The number of hydrogen-bond donors (Lipinski definition) is 0. The van der Waals surface area contributed by atoms with Gasteiger partial charge in [0.05, 0.1) is 12.2 Å². The molecule has 0 atom stereocenters. The highest BCUT2D eigenvalue weighted by molar-refractivity contribution is 5.87. The largest absolute Gasteiger partial charge is 0.463 e.